The zero-order chi connectivity index (χ0) is 20.9. The van der Waals surface area contributed by atoms with E-state index in [-0.39, 0.29) is 24.5 Å². The summed E-state index contributed by atoms with van der Waals surface area (Å²) in [6, 6.07) is 2.40. The van der Waals surface area contributed by atoms with Gasteiger partial charge < -0.3 is 9.30 Å². The van der Waals surface area contributed by atoms with Gasteiger partial charge in [0.25, 0.3) is 5.56 Å². The molecule has 152 valence electrons. The Hall–Kier alpha value is -2.74. The van der Waals surface area contributed by atoms with E-state index >= 15 is 0 Å². The van der Waals surface area contributed by atoms with E-state index in [1.165, 1.54) is 10.9 Å². The van der Waals surface area contributed by atoms with Crippen LogP contribution in [0.25, 0.3) is 10.2 Å². The summed E-state index contributed by atoms with van der Waals surface area (Å²) < 4.78 is 8.60. The third-order valence-electron chi connectivity index (χ3n) is 5.39. The minimum atomic E-state index is -0.456. The van der Waals surface area contributed by atoms with Crippen molar-refractivity contribution in [2.75, 3.05) is 6.61 Å². The zero-order valence-corrected chi connectivity index (χ0v) is 17.8. The first-order valence-electron chi connectivity index (χ1n) is 9.70. The number of aromatic nitrogens is 3. The monoisotopic (exact) mass is 413 g/mol. The Bertz CT molecular complexity index is 1200. The highest BCUT2D eigenvalue weighted by molar-refractivity contribution is 7.20. The molecule has 7 nitrogen and oxygen atoms in total. The summed E-state index contributed by atoms with van der Waals surface area (Å²) >= 11 is 1.14. The molecule has 3 aromatic rings. The van der Waals surface area contributed by atoms with E-state index in [0.29, 0.717) is 32.3 Å². The average Bonchev–Trinajstić information content (AvgIpc) is 3.38. The highest BCUT2D eigenvalue weighted by Crippen LogP contribution is 2.38. The van der Waals surface area contributed by atoms with Crippen LogP contribution in [0.15, 0.2) is 17.2 Å². The van der Waals surface area contributed by atoms with Gasteiger partial charge in [0.05, 0.1) is 24.9 Å². The largest absolute Gasteiger partial charge is 0.462 e. The molecule has 1 aliphatic rings. The second-order valence-corrected chi connectivity index (χ2v) is 8.44. The molecule has 3 heterocycles. The maximum absolute atomic E-state index is 13.0. The van der Waals surface area contributed by atoms with Gasteiger partial charge >= 0.3 is 5.97 Å². The van der Waals surface area contributed by atoms with Gasteiger partial charge in [0, 0.05) is 23.0 Å². The number of nitrogens with zero attached hydrogens (tertiary/aromatic N) is 3. The molecule has 3 aromatic heterocycles. The van der Waals surface area contributed by atoms with Gasteiger partial charge in [-0.05, 0) is 52.2 Å². The number of hydrogen-bond acceptors (Lipinski definition) is 6. The molecule has 0 N–H and O–H groups in total. The number of ether oxygens (including phenoxy) is 1. The molecule has 0 bridgehead atoms. The Kier molecular flexibility index (Phi) is 4.90. The SMILES string of the molecule is CCOC(=O)c1sc2ncn(CC(=O)c3cc(C)n(C4CC4)c3C)c(=O)c2c1C. The third kappa shape index (κ3) is 3.31. The van der Waals surface area contributed by atoms with E-state index < -0.39 is 5.97 Å². The molecule has 0 unspecified atom stereocenters. The first kappa shape index (κ1) is 19.6. The van der Waals surface area contributed by atoms with Gasteiger partial charge in [0.2, 0.25) is 0 Å². The number of aryl methyl sites for hydroxylation is 2. The lowest BCUT2D eigenvalue weighted by atomic mass is 10.1. The summed E-state index contributed by atoms with van der Waals surface area (Å²) in [4.78, 5) is 43.2. The van der Waals surface area contributed by atoms with E-state index in [2.05, 4.69) is 9.55 Å². The maximum atomic E-state index is 13.0. The minimum Gasteiger partial charge on any atom is -0.462 e. The summed E-state index contributed by atoms with van der Waals surface area (Å²) in [5.41, 5.74) is 2.91. The molecule has 0 radical (unpaired) electrons. The number of fused-ring (bicyclic) bond motifs is 1. The summed E-state index contributed by atoms with van der Waals surface area (Å²) in [5.74, 6) is -0.575. The van der Waals surface area contributed by atoms with Crippen molar-refractivity contribution in [2.24, 2.45) is 0 Å². The van der Waals surface area contributed by atoms with Crippen molar-refractivity contribution in [1.29, 1.82) is 0 Å². The first-order chi connectivity index (χ1) is 13.8. The summed E-state index contributed by atoms with van der Waals surface area (Å²) in [6.45, 7) is 7.59. The molecular weight excluding hydrogens is 390 g/mol. The molecule has 29 heavy (non-hydrogen) atoms. The van der Waals surface area contributed by atoms with Crippen LogP contribution in [-0.4, -0.2) is 32.5 Å². The van der Waals surface area contributed by atoms with Crippen molar-refractivity contribution >= 4 is 33.3 Å². The van der Waals surface area contributed by atoms with Crippen LogP contribution in [0.2, 0.25) is 0 Å². The topological polar surface area (TPSA) is 83.2 Å². The second-order valence-electron chi connectivity index (χ2n) is 7.44. The van der Waals surface area contributed by atoms with E-state index in [9.17, 15) is 14.4 Å². The predicted molar refractivity (Wildman–Crippen MR) is 111 cm³/mol. The molecule has 4 rings (SSSR count). The molecule has 0 amide bonds. The van der Waals surface area contributed by atoms with Crippen molar-refractivity contribution in [3.63, 3.8) is 0 Å². The predicted octanol–water partition coefficient (Wildman–Crippen LogP) is 3.58. The first-order valence-corrected chi connectivity index (χ1v) is 10.5. The lowest BCUT2D eigenvalue weighted by Gasteiger charge is -2.08. The van der Waals surface area contributed by atoms with Gasteiger partial charge in [0.15, 0.2) is 5.78 Å². The lowest BCUT2D eigenvalue weighted by molar-refractivity contribution is 0.0531. The highest BCUT2D eigenvalue weighted by Gasteiger charge is 2.28. The molecule has 0 aliphatic heterocycles. The van der Waals surface area contributed by atoms with Crippen molar-refractivity contribution in [3.05, 3.63) is 50.1 Å². The van der Waals surface area contributed by atoms with Crippen molar-refractivity contribution in [3.8, 4) is 0 Å². The van der Waals surface area contributed by atoms with E-state index in [4.69, 9.17) is 4.74 Å². The van der Waals surface area contributed by atoms with Gasteiger partial charge in [0.1, 0.15) is 9.71 Å². The standard InChI is InChI=1S/C21H23N3O4S/c1-5-28-21(27)18-12(3)17-19(29-18)22-10-23(20(17)26)9-16(25)15-8-11(2)24(13(15)4)14-6-7-14/h8,10,14H,5-7,9H2,1-4H3. The van der Waals surface area contributed by atoms with Crippen LogP contribution in [-0.2, 0) is 11.3 Å². The number of carbonyl (C=O) groups is 2. The summed E-state index contributed by atoms with van der Waals surface area (Å²) in [5, 5.41) is 0.372. The molecular formula is C21H23N3O4S. The van der Waals surface area contributed by atoms with Gasteiger partial charge in [-0.2, -0.15) is 0 Å². The van der Waals surface area contributed by atoms with Crippen molar-refractivity contribution in [2.45, 2.75) is 53.1 Å². The Morgan fingerprint density at radius 1 is 1.28 bits per heavy atom. The Labute approximate surface area is 171 Å². The van der Waals surface area contributed by atoms with E-state index in [1.807, 2.05) is 19.9 Å². The molecule has 0 spiro atoms. The Morgan fingerprint density at radius 3 is 2.66 bits per heavy atom. The summed E-state index contributed by atoms with van der Waals surface area (Å²) in [6.07, 6.45) is 3.67. The highest BCUT2D eigenvalue weighted by atomic mass is 32.1. The number of esters is 1. The number of Topliss-reactive ketones (excluding diaryl/α,β-unsaturated/α-hetero) is 1. The van der Waals surface area contributed by atoms with Crippen LogP contribution in [0.5, 0.6) is 0 Å². The molecule has 1 fully saturated rings. The third-order valence-corrected chi connectivity index (χ3v) is 6.57. The smallest absolute Gasteiger partial charge is 0.348 e. The van der Waals surface area contributed by atoms with Crippen molar-refractivity contribution < 1.29 is 14.3 Å². The molecule has 0 aromatic carbocycles. The van der Waals surface area contributed by atoms with Crippen LogP contribution in [0, 0.1) is 20.8 Å². The van der Waals surface area contributed by atoms with Gasteiger partial charge in [-0.15, -0.1) is 11.3 Å². The fourth-order valence-electron chi connectivity index (χ4n) is 3.86. The second kappa shape index (κ2) is 7.26. The number of ketones is 1. The van der Waals surface area contributed by atoms with E-state index in [0.717, 1.165) is 35.6 Å². The van der Waals surface area contributed by atoms with Crippen LogP contribution < -0.4 is 5.56 Å². The maximum Gasteiger partial charge on any atom is 0.348 e. The lowest BCUT2D eigenvalue weighted by Crippen LogP contribution is -2.25. The number of hydrogen-bond donors (Lipinski definition) is 0. The number of rotatable bonds is 6. The average molecular weight is 413 g/mol. The van der Waals surface area contributed by atoms with Crippen LogP contribution >= 0.6 is 11.3 Å². The molecule has 0 saturated heterocycles. The van der Waals surface area contributed by atoms with Gasteiger partial charge in [-0.3, -0.25) is 14.2 Å². The van der Waals surface area contributed by atoms with Gasteiger partial charge in [-0.25, -0.2) is 9.78 Å². The number of thiophene rings is 1. The minimum absolute atomic E-state index is 0.0826. The van der Waals surface area contributed by atoms with Crippen molar-refractivity contribution in [1.82, 2.24) is 14.1 Å². The summed E-state index contributed by atoms with van der Waals surface area (Å²) in [7, 11) is 0. The fraction of sp³-hybridized carbons (Fsp3) is 0.429. The Balaban J connectivity index is 1.68. The quantitative estimate of drug-likeness (QED) is 0.456. The normalized spacial score (nSPS) is 13.8. The van der Waals surface area contributed by atoms with Crippen LogP contribution in [0.3, 0.4) is 0 Å². The zero-order valence-electron chi connectivity index (χ0n) is 16.9. The Morgan fingerprint density at radius 2 is 2.00 bits per heavy atom. The van der Waals surface area contributed by atoms with Crippen LogP contribution in [0.4, 0.5) is 0 Å². The van der Waals surface area contributed by atoms with Gasteiger partial charge in [-0.1, -0.05) is 0 Å². The molecule has 1 aliphatic carbocycles. The number of carbonyl (C=O) groups excluding carboxylic acids is 2. The molecule has 8 heteroatoms. The fourth-order valence-corrected chi connectivity index (χ4v) is 4.89. The molecule has 1 saturated carbocycles. The molecule has 0 atom stereocenters. The van der Waals surface area contributed by atoms with Crippen LogP contribution in [0.1, 0.15) is 62.8 Å². The van der Waals surface area contributed by atoms with E-state index in [1.54, 1.807) is 13.8 Å².